The van der Waals surface area contributed by atoms with Crippen LogP contribution in [0.15, 0.2) is 77.8 Å². The molecular weight excluding hydrogens is 532 g/mol. The highest BCUT2D eigenvalue weighted by molar-refractivity contribution is 7.89. The number of nitro groups is 1. The van der Waals surface area contributed by atoms with E-state index in [4.69, 9.17) is 4.74 Å². The summed E-state index contributed by atoms with van der Waals surface area (Å²) in [6, 6.07) is 16.6. The van der Waals surface area contributed by atoms with Crippen molar-refractivity contribution in [2.75, 3.05) is 11.9 Å². The Labute approximate surface area is 231 Å². The van der Waals surface area contributed by atoms with Gasteiger partial charge in [-0.25, -0.2) is 13.1 Å². The summed E-state index contributed by atoms with van der Waals surface area (Å²) in [5.74, 6) is 1.15. The molecule has 206 valence electrons. The topological polar surface area (TPSA) is 141 Å². The van der Waals surface area contributed by atoms with Gasteiger partial charge in [0.15, 0.2) is 0 Å². The number of pyridine rings is 1. The lowest BCUT2D eigenvalue weighted by molar-refractivity contribution is -0.384. The van der Waals surface area contributed by atoms with Crippen molar-refractivity contribution in [3.63, 3.8) is 0 Å². The van der Waals surface area contributed by atoms with E-state index in [1.165, 1.54) is 25.0 Å². The van der Waals surface area contributed by atoms with Crippen LogP contribution in [0.3, 0.4) is 0 Å². The predicted octanol–water partition coefficient (Wildman–Crippen LogP) is 5.53. The monoisotopic (exact) mass is 560 g/mol. The molecule has 0 spiro atoms. The molecule has 1 atom stereocenters. The Kier molecular flexibility index (Phi) is 7.51. The van der Waals surface area contributed by atoms with Gasteiger partial charge in [0.1, 0.15) is 5.75 Å². The van der Waals surface area contributed by atoms with Crippen LogP contribution in [0, 0.1) is 23.0 Å². The average Bonchev–Trinajstić information content (AvgIpc) is 3.78. The Morgan fingerprint density at radius 1 is 1.10 bits per heavy atom. The number of ether oxygens (including phenoxy) is 1. The molecule has 0 aliphatic heterocycles. The van der Waals surface area contributed by atoms with Crippen LogP contribution in [0.2, 0.25) is 0 Å². The minimum absolute atomic E-state index is 0.0737. The maximum absolute atomic E-state index is 12.9. The Morgan fingerprint density at radius 2 is 1.80 bits per heavy atom. The largest absolute Gasteiger partial charge is 0.493 e. The third-order valence-electron chi connectivity index (χ3n) is 6.86. The second kappa shape index (κ2) is 11.0. The number of nitro benzene ring substituents is 1. The molecule has 0 radical (unpaired) electrons. The molecule has 10 nitrogen and oxygen atoms in total. The lowest BCUT2D eigenvalue weighted by Crippen LogP contribution is -2.27. The van der Waals surface area contributed by atoms with Gasteiger partial charge < -0.3 is 10.1 Å². The molecule has 1 amide bonds. The summed E-state index contributed by atoms with van der Waals surface area (Å²) < 4.78 is 33.9. The number of carbonyl (C=O) groups is 1. The first-order valence-corrected chi connectivity index (χ1v) is 14.3. The Morgan fingerprint density at radius 3 is 2.45 bits per heavy atom. The zero-order valence-electron chi connectivity index (χ0n) is 22.0. The SMILES string of the molecule is Cc1c(NC(=O)c2ccc(OCC3CC3)cc2)ccc2cc([C@@H](C)NS(=O)(=O)c3ccc([N+](=O)[O-])cc3)cnc12. The van der Waals surface area contributed by atoms with E-state index in [0.29, 0.717) is 34.9 Å². The van der Waals surface area contributed by atoms with E-state index >= 15 is 0 Å². The number of hydrogen-bond donors (Lipinski definition) is 2. The van der Waals surface area contributed by atoms with E-state index < -0.39 is 21.0 Å². The summed E-state index contributed by atoms with van der Waals surface area (Å²) in [6.45, 7) is 4.26. The van der Waals surface area contributed by atoms with Crippen LogP contribution in [-0.2, 0) is 10.0 Å². The number of anilines is 1. The first-order valence-electron chi connectivity index (χ1n) is 12.8. The zero-order valence-corrected chi connectivity index (χ0v) is 22.8. The number of nitrogens with one attached hydrogen (secondary N) is 2. The van der Waals surface area contributed by atoms with E-state index in [9.17, 15) is 23.3 Å². The van der Waals surface area contributed by atoms with Gasteiger partial charge in [0, 0.05) is 41.0 Å². The first-order chi connectivity index (χ1) is 19.1. The third kappa shape index (κ3) is 6.11. The summed E-state index contributed by atoms with van der Waals surface area (Å²) in [5.41, 5.74) is 3.03. The number of benzene rings is 3. The number of hydrogen-bond acceptors (Lipinski definition) is 7. The summed E-state index contributed by atoms with van der Waals surface area (Å²) in [7, 11) is -3.92. The van der Waals surface area contributed by atoms with Crippen LogP contribution < -0.4 is 14.8 Å². The standard InChI is InChI=1S/C29H28N4O6S/c1-18-27(31-29(34)21-5-10-25(11-6-21)39-17-20-3-4-20)14-7-22-15-23(16-30-28(18)22)19(2)32-40(37,38)26-12-8-24(9-13-26)33(35)36/h5-16,19-20,32H,3-4,17H2,1-2H3,(H,31,34)/t19-/m1/s1. The molecule has 1 aromatic heterocycles. The molecule has 3 aromatic carbocycles. The average molecular weight is 561 g/mol. The van der Waals surface area contributed by atoms with Crippen LogP contribution in [0.25, 0.3) is 10.9 Å². The molecule has 1 aliphatic rings. The van der Waals surface area contributed by atoms with Crippen LogP contribution in [0.1, 0.15) is 47.3 Å². The summed E-state index contributed by atoms with van der Waals surface area (Å²) >= 11 is 0. The van der Waals surface area contributed by atoms with Crippen molar-refractivity contribution in [3.8, 4) is 5.75 Å². The van der Waals surface area contributed by atoms with Gasteiger partial charge in [0.05, 0.1) is 21.9 Å². The van der Waals surface area contributed by atoms with Crippen molar-refractivity contribution in [1.82, 2.24) is 9.71 Å². The number of rotatable bonds is 10. The van der Waals surface area contributed by atoms with Gasteiger partial charge in [-0.05, 0) is 92.3 Å². The molecule has 1 aliphatic carbocycles. The van der Waals surface area contributed by atoms with Crippen LogP contribution >= 0.6 is 0 Å². The third-order valence-corrected chi connectivity index (χ3v) is 8.42. The van der Waals surface area contributed by atoms with E-state index in [1.54, 1.807) is 43.5 Å². The minimum Gasteiger partial charge on any atom is -0.493 e. The van der Waals surface area contributed by atoms with Crippen molar-refractivity contribution in [3.05, 3.63) is 99.7 Å². The second-order valence-electron chi connectivity index (χ2n) is 9.91. The maximum atomic E-state index is 12.9. The Hall–Kier alpha value is -4.35. The number of fused-ring (bicyclic) bond motifs is 1. The van der Waals surface area contributed by atoms with Gasteiger partial charge in [-0.2, -0.15) is 0 Å². The molecule has 11 heteroatoms. The lowest BCUT2D eigenvalue weighted by atomic mass is 10.0. The number of aromatic nitrogens is 1. The molecule has 0 saturated heterocycles. The summed E-state index contributed by atoms with van der Waals surface area (Å²) in [6.07, 6.45) is 4.01. The summed E-state index contributed by atoms with van der Waals surface area (Å²) in [5, 5.41) is 14.6. The van der Waals surface area contributed by atoms with Gasteiger partial charge in [0.25, 0.3) is 11.6 Å². The highest BCUT2D eigenvalue weighted by atomic mass is 32.2. The number of aryl methyl sites for hydroxylation is 1. The lowest BCUT2D eigenvalue weighted by Gasteiger charge is -2.16. The fourth-order valence-corrected chi connectivity index (χ4v) is 5.48. The van der Waals surface area contributed by atoms with Crippen molar-refractivity contribution in [2.24, 2.45) is 5.92 Å². The van der Waals surface area contributed by atoms with E-state index in [2.05, 4.69) is 15.0 Å². The molecular formula is C29H28N4O6S. The molecule has 40 heavy (non-hydrogen) atoms. The van der Waals surface area contributed by atoms with E-state index in [-0.39, 0.29) is 16.5 Å². The number of non-ortho nitro benzene ring substituents is 1. The minimum atomic E-state index is -3.92. The molecule has 1 saturated carbocycles. The number of sulfonamides is 1. The van der Waals surface area contributed by atoms with Gasteiger partial charge in [-0.3, -0.25) is 19.9 Å². The highest BCUT2D eigenvalue weighted by Crippen LogP contribution is 2.30. The molecule has 0 bridgehead atoms. The Bertz CT molecular complexity index is 1680. The predicted molar refractivity (Wildman–Crippen MR) is 151 cm³/mol. The van der Waals surface area contributed by atoms with E-state index in [1.807, 2.05) is 19.1 Å². The molecule has 4 aromatic rings. The fraction of sp³-hybridized carbons (Fsp3) is 0.241. The van der Waals surface area contributed by atoms with Crippen molar-refractivity contribution >= 4 is 38.2 Å². The molecule has 0 unspecified atom stereocenters. The van der Waals surface area contributed by atoms with Gasteiger partial charge in [-0.15, -0.1) is 0 Å². The number of amides is 1. The normalized spacial score (nSPS) is 14.1. The summed E-state index contributed by atoms with van der Waals surface area (Å²) in [4.78, 5) is 27.6. The molecule has 5 rings (SSSR count). The quantitative estimate of drug-likeness (QED) is 0.192. The number of nitrogens with zero attached hydrogens (tertiary/aromatic N) is 2. The van der Waals surface area contributed by atoms with Crippen molar-refractivity contribution < 1.29 is 22.9 Å². The maximum Gasteiger partial charge on any atom is 0.269 e. The molecule has 1 fully saturated rings. The zero-order chi connectivity index (χ0) is 28.4. The fourth-order valence-electron chi connectivity index (χ4n) is 4.25. The Balaban J connectivity index is 1.27. The van der Waals surface area contributed by atoms with Gasteiger partial charge >= 0.3 is 0 Å². The van der Waals surface area contributed by atoms with E-state index in [0.717, 1.165) is 28.8 Å². The van der Waals surface area contributed by atoms with Crippen molar-refractivity contribution in [2.45, 2.75) is 37.6 Å². The second-order valence-corrected chi connectivity index (χ2v) is 11.6. The van der Waals surface area contributed by atoms with Crippen LogP contribution in [0.4, 0.5) is 11.4 Å². The number of carbonyl (C=O) groups excluding carboxylic acids is 1. The smallest absolute Gasteiger partial charge is 0.269 e. The van der Waals surface area contributed by atoms with Crippen molar-refractivity contribution in [1.29, 1.82) is 0 Å². The highest BCUT2D eigenvalue weighted by Gasteiger charge is 2.22. The first kappa shape index (κ1) is 27.2. The van der Waals surface area contributed by atoms with Gasteiger partial charge in [-0.1, -0.05) is 6.07 Å². The molecule has 1 heterocycles. The van der Waals surface area contributed by atoms with Crippen LogP contribution in [0.5, 0.6) is 5.75 Å². The molecule has 2 N–H and O–H groups in total. The van der Waals surface area contributed by atoms with Gasteiger partial charge in [0.2, 0.25) is 10.0 Å². The van der Waals surface area contributed by atoms with Crippen LogP contribution in [-0.4, -0.2) is 30.8 Å².